The first-order valence-electron chi connectivity index (χ1n) is 5.61. The van der Waals surface area contributed by atoms with Crippen molar-refractivity contribution in [3.05, 3.63) is 22.7 Å². The topological polar surface area (TPSA) is 47.6 Å². The highest BCUT2D eigenvalue weighted by Gasteiger charge is 2.16. The Morgan fingerprint density at radius 2 is 2.06 bits per heavy atom. The highest BCUT2D eigenvalue weighted by molar-refractivity contribution is 9.10. The zero-order valence-corrected chi connectivity index (χ0v) is 12.6. The number of esters is 1. The standard InChI is InChI=1S/C13H18BrNO3/c1-13(2,3)18-12(16)8-15-10-7-9(14)5-6-11(10)17-4/h5-7,15H,8H2,1-4H3. The molecule has 0 amide bonds. The normalized spacial score (nSPS) is 10.9. The summed E-state index contributed by atoms with van der Waals surface area (Å²) >= 11 is 3.37. The molecule has 0 heterocycles. The molecule has 0 atom stereocenters. The van der Waals surface area contributed by atoms with Gasteiger partial charge in [0.05, 0.1) is 12.8 Å². The lowest BCUT2D eigenvalue weighted by Crippen LogP contribution is -2.28. The maximum Gasteiger partial charge on any atom is 0.325 e. The molecule has 0 aromatic heterocycles. The summed E-state index contributed by atoms with van der Waals surface area (Å²) in [5.74, 6) is 0.381. The maximum atomic E-state index is 11.6. The number of rotatable bonds is 4. The van der Waals surface area contributed by atoms with Gasteiger partial charge in [0, 0.05) is 4.47 Å². The van der Waals surface area contributed by atoms with Gasteiger partial charge in [0.15, 0.2) is 0 Å². The summed E-state index contributed by atoms with van der Waals surface area (Å²) < 4.78 is 11.3. The van der Waals surface area contributed by atoms with Crippen LogP contribution in [-0.4, -0.2) is 25.2 Å². The first-order chi connectivity index (χ1) is 8.31. The number of hydrogen-bond donors (Lipinski definition) is 1. The number of hydrogen-bond acceptors (Lipinski definition) is 4. The molecule has 0 spiro atoms. The summed E-state index contributed by atoms with van der Waals surface area (Å²) in [5.41, 5.74) is 0.276. The number of carbonyl (C=O) groups is 1. The molecule has 0 aliphatic heterocycles. The van der Waals surface area contributed by atoms with Crippen LogP contribution in [0.1, 0.15) is 20.8 Å². The first-order valence-corrected chi connectivity index (χ1v) is 6.40. The van der Waals surface area contributed by atoms with Crippen LogP contribution in [0.2, 0.25) is 0 Å². The van der Waals surface area contributed by atoms with E-state index in [1.165, 1.54) is 0 Å². The lowest BCUT2D eigenvalue weighted by Gasteiger charge is -2.20. The molecule has 1 rings (SSSR count). The van der Waals surface area contributed by atoms with Gasteiger partial charge in [-0.05, 0) is 39.0 Å². The summed E-state index contributed by atoms with van der Waals surface area (Å²) in [4.78, 5) is 11.6. The van der Waals surface area contributed by atoms with Crippen molar-refractivity contribution in [1.29, 1.82) is 0 Å². The Bertz CT molecular complexity index is 427. The van der Waals surface area contributed by atoms with Crippen molar-refractivity contribution in [2.24, 2.45) is 0 Å². The highest BCUT2D eigenvalue weighted by atomic mass is 79.9. The number of halogens is 1. The van der Waals surface area contributed by atoms with Gasteiger partial charge in [0.2, 0.25) is 0 Å². The van der Waals surface area contributed by atoms with Crippen molar-refractivity contribution in [3.8, 4) is 5.75 Å². The Morgan fingerprint density at radius 1 is 1.39 bits per heavy atom. The molecule has 1 aromatic carbocycles. The smallest absolute Gasteiger partial charge is 0.325 e. The highest BCUT2D eigenvalue weighted by Crippen LogP contribution is 2.27. The fourth-order valence-corrected chi connectivity index (χ4v) is 1.72. The Hall–Kier alpha value is -1.23. The van der Waals surface area contributed by atoms with Crippen LogP contribution in [0.3, 0.4) is 0 Å². The number of methoxy groups -OCH3 is 1. The number of carbonyl (C=O) groups excluding carboxylic acids is 1. The van der Waals surface area contributed by atoms with E-state index in [2.05, 4.69) is 21.2 Å². The summed E-state index contributed by atoms with van der Waals surface area (Å²) in [6, 6.07) is 5.54. The minimum atomic E-state index is -0.472. The van der Waals surface area contributed by atoms with Gasteiger partial charge in [-0.1, -0.05) is 15.9 Å². The van der Waals surface area contributed by atoms with Gasteiger partial charge in [-0.15, -0.1) is 0 Å². The summed E-state index contributed by atoms with van der Waals surface area (Å²) in [5, 5.41) is 3.00. The third kappa shape index (κ3) is 4.96. The van der Waals surface area contributed by atoms with E-state index in [4.69, 9.17) is 9.47 Å². The molecule has 0 unspecified atom stereocenters. The Balaban J connectivity index is 2.63. The van der Waals surface area contributed by atoms with Crippen LogP contribution in [0.5, 0.6) is 5.75 Å². The van der Waals surface area contributed by atoms with Gasteiger partial charge in [-0.2, -0.15) is 0 Å². The van der Waals surface area contributed by atoms with Crippen molar-refractivity contribution in [1.82, 2.24) is 0 Å². The van der Waals surface area contributed by atoms with Gasteiger partial charge in [-0.3, -0.25) is 4.79 Å². The van der Waals surface area contributed by atoms with Crippen LogP contribution in [0.4, 0.5) is 5.69 Å². The second-order valence-electron chi connectivity index (χ2n) is 4.78. The molecule has 18 heavy (non-hydrogen) atoms. The minimum Gasteiger partial charge on any atom is -0.495 e. The molecule has 5 heteroatoms. The van der Waals surface area contributed by atoms with Crippen LogP contribution < -0.4 is 10.1 Å². The van der Waals surface area contributed by atoms with Crippen molar-refractivity contribution >= 4 is 27.6 Å². The summed E-state index contributed by atoms with van der Waals surface area (Å²) in [6.07, 6.45) is 0. The van der Waals surface area contributed by atoms with Gasteiger partial charge < -0.3 is 14.8 Å². The average Bonchev–Trinajstić information content (AvgIpc) is 2.24. The molecule has 1 N–H and O–H groups in total. The number of nitrogens with one attached hydrogen (secondary N) is 1. The van der Waals surface area contributed by atoms with Crippen molar-refractivity contribution in [3.63, 3.8) is 0 Å². The zero-order valence-electron chi connectivity index (χ0n) is 11.0. The second-order valence-corrected chi connectivity index (χ2v) is 5.70. The van der Waals surface area contributed by atoms with E-state index in [9.17, 15) is 4.79 Å². The van der Waals surface area contributed by atoms with E-state index < -0.39 is 5.60 Å². The molecular weight excluding hydrogens is 298 g/mol. The van der Waals surface area contributed by atoms with E-state index in [-0.39, 0.29) is 12.5 Å². The molecule has 0 saturated heterocycles. The second kappa shape index (κ2) is 6.09. The molecule has 0 aliphatic rings. The van der Waals surface area contributed by atoms with Crippen molar-refractivity contribution < 1.29 is 14.3 Å². The Labute approximate surface area is 116 Å². The van der Waals surface area contributed by atoms with E-state index in [1.54, 1.807) is 7.11 Å². The third-order valence-electron chi connectivity index (χ3n) is 2.00. The monoisotopic (exact) mass is 315 g/mol. The van der Waals surface area contributed by atoms with Crippen molar-refractivity contribution in [2.45, 2.75) is 26.4 Å². The SMILES string of the molecule is COc1ccc(Br)cc1NCC(=O)OC(C)(C)C. The van der Waals surface area contributed by atoms with Gasteiger partial charge in [0.1, 0.15) is 17.9 Å². The van der Waals surface area contributed by atoms with Gasteiger partial charge in [-0.25, -0.2) is 0 Å². The molecule has 1 aromatic rings. The van der Waals surface area contributed by atoms with E-state index in [1.807, 2.05) is 39.0 Å². The lowest BCUT2D eigenvalue weighted by atomic mass is 10.2. The molecule has 4 nitrogen and oxygen atoms in total. The first kappa shape index (κ1) is 14.8. The summed E-state index contributed by atoms with van der Waals surface area (Å²) in [7, 11) is 1.59. The number of anilines is 1. The van der Waals surface area contributed by atoms with E-state index in [0.29, 0.717) is 5.75 Å². The lowest BCUT2D eigenvalue weighted by molar-refractivity contribution is -0.152. The van der Waals surface area contributed by atoms with Crippen LogP contribution in [0.25, 0.3) is 0 Å². The minimum absolute atomic E-state index is 0.101. The molecule has 0 radical (unpaired) electrons. The quantitative estimate of drug-likeness (QED) is 0.867. The fourth-order valence-electron chi connectivity index (χ4n) is 1.36. The van der Waals surface area contributed by atoms with Crippen LogP contribution in [0, 0.1) is 0 Å². The van der Waals surface area contributed by atoms with Gasteiger partial charge in [0.25, 0.3) is 0 Å². The largest absolute Gasteiger partial charge is 0.495 e. The fraction of sp³-hybridized carbons (Fsp3) is 0.462. The molecule has 0 aliphatic carbocycles. The van der Waals surface area contributed by atoms with E-state index in [0.717, 1.165) is 10.2 Å². The van der Waals surface area contributed by atoms with Crippen LogP contribution >= 0.6 is 15.9 Å². The molecule has 0 fully saturated rings. The molecule has 0 saturated carbocycles. The Morgan fingerprint density at radius 3 is 2.61 bits per heavy atom. The van der Waals surface area contributed by atoms with E-state index >= 15 is 0 Å². The maximum absolute atomic E-state index is 11.6. The Kier molecular flexibility index (Phi) is 5.02. The molecule has 100 valence electrons. The van der Waals surface area contributed by atoms with Crippen LogP contribution in [-0.2, 0) is 9.53 Å². The predicted octanol–water partition coefficient (Wildman–Crippen LogP) is 3.21. The molecule has 0 bridgehead atoms. The summed E-state index contributed by atoms with van der Waals surface area (Å²) in [6.45, 7) is 5.61. The third-order valence-corrected chi connectivity index (χ3v) is 2.50. The average molecular weight is 316 g/mol. The zero-order chi connectivity index (χ0) is 13.8. The van der Waals surface area contributed by atoms with Gasteiger partial charge >= 0.3 is 5.97 Å². The number of benzene rings is 1. The van der Waals surface area contributed by atoms with Crippen LogP contribution in [0.15, 0.2) is 22.7 Å². The predicted molar refractivity (Wildman–Crippen MR) is 75.0 cm³/mol. The number of ether oxygens (including phenoxy) is 2. The molecular formula is C13H18BrNO3. The van der Waals surface area contributed by atoms with Crippen molar-refractivity contribution in [2.75, 3.05) is 19.0 Å².